The van der Waals surface area contributed by atoms with Crippen molar-refractivity contribution >= 4 is 28.5 Å². The van der Waals surface area contributed by atoms with Crippen molar-refractivity contribution in [3.8, 4) is 5.75 Å². The molecule has 3 rings (SSSR count). The van der Waals surface area contributed by atoms with Crippen molar-refractivity contribution < 1.29 is 23.5 Å². The maximum Gasteiger partial charge on any atom is 0.375 e. The number of carbonyl (C=O) groups excluding carboxylic acids is 2. The van der Waals surface area contributed by atoms with Crippen LogP contribution >= 0.6 is 0 Å². The van der Waals surface area contributed by atoms with E-state index in [1.165, 1.54) is 14.0 Å². The predicted molar refractivity (Wildman–Crippen MR) is 99.0 cm³/mol. The quantitative estimate of drug-likeness (QED) is 0.697. The Bertz CT molecular complexity index is 1060. The summed E-state index contributed by atoms with van der Waals surface area (Å²) >= 11 is 0. The maximum absolute atomic E-state index is 12.3. The average molecular weight is 367 g/mol. The largest absolute Gasteiger partial charge is 0.497 e. The Labute approximate surface area is 154 Å². The summed E-state index contributed by atoms with van der Waals surface area (Å²) in [4.78, 5) is 36.6. The van der Waals surface area contributed by atoms with Crippen LogP contribution in [0.2, 0.25) is 0 Å². The number of para-hydroxylation sites is 1. The lowest BCUT2D eigenvalue weighted by atomic mass is 10.2. The SMILES string of the molecule is COc1cccc(NC(=O)[C@@H](C)OC(=O)c2cc(=O)c3ccccc3o2)c1. The molecule has 7 heteroatoms. The fraction of sp³-hybridized carbons (Fsp3) is 0.150. The van der Waals surface area contributed by atoms with E-state index in [0.29, 0.717) is 16.8 Å². The van der Waals surface area contributed by atoms with Gasteiger partial charge in [-0.05, 0) is 31.2 Å². The molecule has 0 spiro atoms. The van der Waals surface area contributed by atoms with Gasteiger partial charge in [-0.15, -0.1) is 0 Å². The van der Waals surface area contributed by atoms with Crippen molar-refractivity contribution in [3.63, 3.8) is 0 Å². The van der Waals surface area contributed by atoms with Crippen LogP contribution in [-0.2, 0) is 9.53 Å². The van der Waals surface area contributed by atoms with Crippen LogP contribution < -0.4 is 15.5 Å². The number of rotatable bonds is 5. The highest BCUT2D eigenvalue weighted by molar-refractivity contribution is 5.97. The first-order chi connectivity index (χ1) is 13.0. The maximum atomic E-state index is 12.3. The average Bonchev–Trinajstić information content (AvgIpc) is 2.68. The smallest absolute Gasteiger partial charge is 0.375 e. The molecule has 2 aromatic carbocycles. The number of benzene rings is 2. The van der Waals surface area contributed by atoms with Gasteiger partial charge in [0.25, 0.3) is 5.91 Å². The number of carbonyl (C=O) groups is 2. The van der Waals surface area contributed by atoms with E-state index in [1.807, 2.05) is 0 Å². The first kappa shape index (κ1) is 18.2. The van der Waals surface area contributed by atoms with Crippen LogP contribution in [0.25, 0.3) is 11.0 Å². The van der Waals surface area contributed by atoms with Gasteiger partial charge in [0.1, 0.15) is 11.3 Å². The first-order valence-corrected chi connectivity index (χ1v) is 8.16. The third-order valence-electron chi connectivity index (χ3n) is 3.83. The highest BCUT2D eigenvalue weighted by Gasteiger charge is 2.21. The molecule has 7 nitrogen and oxygen atoms in total. The zero-order valence-electron chi connectivity index (χ0n) is 14.7. The molecule has 0 aliphatic carbocycles. The zero-order valence-corrected chi connectivity index (χ0v) is 14.7. The van der Waals surface area contributed by atoms with E-state index >= 15 is 0 Å². The van der Waals surface area contributed by atoms with E-state index in [4.69, 9.17) is 13.9 Å². The summed E-state index contributed by atoms with van der Waals surface area (Å²) in [6.45, 7) is 1.42. The second-order valence-electron chi connectivity index (χ2n) is 5.74. The Hall–Kier alpha value is -3.61. The molecule has 0 bridgehead atoms. The molecule has 0 unspecified atom stereocenters. The summed E-state index contributed by atoms with van der Waals surface area (Å²) in [6, 6.07) is 14.4. The molecule has 0 radical (unpaired) electrons. The fourth-order valence-corrected chi connectivity index (χ4v) is 2.42. The number of nitrogens with one attached hydrogen (secondary N) is 1. The third kappa shape index (κ3) is 4.14. The van der Waals surface area contributed by atoms with E-state index < -0.39 is 18.0 Å². The van der Waals surface area contributed by atoms with Gasteiger partial charge in [-0.3, -0.25) is 9.59 Å². The van der Waals surface area contributed by atoms with E-state index in [1.54, 1.807) is 48.5 Å². The van der Waals surface area contributed by atoms with Crippen LogP contribution in [-0.4, -0.2) is 25.1 Å². The summed E-state index contributed by atoms with van der Waals surface area (Å²) < 4.78 is 15.6. The van der Waals surface area contributed by atoms with Gasteiger partial charge in [0.05, 0.1) is 12.5 Å². The normalized spacial score (nSPS) is 11.6. The number of methoxy groups -OCH3 is 1. The molecular weight excluding hydrogens is 350 g/mol. The Morgan fingerprint density at radius 2 is 1.85 bits per heavy atom. The fourth-order valence-electron chi connectivity index (χ4n) is 2.42. The molecule has 0 aliphatic rings. The van der Waals surface area contributed by atoms with Gasteiger partial charge < -0.3 is 19.2 Å². The standard InChI is InChI=1S/C20H17NO6/c1-12(19(23)21-13-6-5-7-14(10-13)25-2)26-20(24)18-11-16(22)15-8-3-4-9-17(15)27-18/h3-12H,1-2H3,(H,21,23)/t12-/m1/s1. The van der Waals surface area contributed by atoms with Crippen LogP contribution in [0.1, 0.15) is 17.5 Å². The Morgan fingerprint density at radius 3 is 2.63 bits per heavy atom. The summed E-state index contributed by atoms with van der Waals surface area (Å²) in [5.74, 6) is -1.11. The molecule has 0 fully saturated rings. The summed E-state index contributed by atoms with van der Waals surface area (Å²) in [6.07, 6.45) is -1.10. The van der Waals surface area contributed by atoms with Crippen LogP contribution in [0.15, 0.2) is 63.8 Å². The molecule has 3 aromatic rings. The van der Waals surface area contributed by atoms with Crippen molar-refractivity contribution in [3.05, 3.63) is 70.6 Å². The van der Waals surface area contributed by atoms with Crippen LogP contribution in [0.5, 0.6) is 5.75 Å². The Balaban J connectivity index is 1.71. The van der Waals surface area contributed by atoms with Gasteiger partial charge >= 0.3 is 5.97 Å². The molecule has 0 saturated heterocycles. The predicted octanol–water partition coefficient (Wildman–Crippen LogP) is 2.99. The molecular formula is C20H17NO6. The van der Waals surface area contributed by atoms with Crippen molar-refractivity contribution in [2.75, 3.05) is 12.4 Å². The molecule has 0 saturated carbocycles. The van der Waals surface area contributed by atoms with Crippen LogP contribution in [0.3, 0.4) is 0 Å². The second kappa shape index (κ2) is 7.74. The molecule has 1 atom stereocenters. The van der Waals surface area contributed by atoms with E-state index in [0.717, 1.165) is 6.07 Å². The number of fused-ring (bicyclic) bond motifs is 1. The number of hydrogen-bond acceptors (Lipinski definition) is 6. The molecule has 0 aliphatic heterocycles. The lowest BCUT2D eigenvalue weighted by Gasteiger charge is -2.13. The summed E-state index contributed by atoms with van der Waals surface area (Å²) in [7, 11) is 1.52. The monoisotopic (exact) mass is 367 g/mol. The topological polar surface area (TPSA) is 94.8 Å². The number of esters is 1. The van der Waals surface area contributed by atoms with Gasteiger partial charge in [-0.2, -0.15) is 0 Å². The Morgan fingerprint density at radius 1 is 1.07 bits per heavy atom. The zero-order chi connectivity index (χ0) is 19.4. The minimum absolute atomic E-state index is 0.264. The van der Waals surface area contributed by atoms with Crippen molar-refractivity contribution in [2.24, 2.45) is 0 Å². The van der Waals surface area contributed by atoms with Crippen LogP contribution in [0, 0.1) is 0 Å². The third-order valence-corrected chi connectivity index (χ3v) is 3.83. The Kier molecular flexibility index (Phi) is 5.21. The number of amides is 1. The van der Waals surface area contributed by atoms with E-state index in [-0.39, 0.29) is 16.8 Å². The molecule has 1 N–H and O–H groups in total. The lowest BCUT2D eigenvalue weighted by molar-refractivity contribution is -0.123. The molecule has 138 valence electrons. The minimum atomic E-state index is -1.10. The highest BCUT2D eigenvalue weighted by atomic mass is 16.6. The van der Waals surface area contributed by atoms with Gasteiger partial charge in [-0.1, -0.05) is 18.2 Å². The van der Waals surface area contributed by atoms with Gasteiger partial charge in [-0.25, -0.2) is 4.79 Å². The van der Waals surface area contributed by atoms with Gasteiger partial charge in [0.2, 0.25) is 5.76 Å². The van der Waals surface area contributed by atoms with E-state index in [2.05, 4.69) is 5.32 Å². The van der Waals surface area contributed by atoms with Crippen molar-refractivity contribution in [1.29, 1.82) is 0 Å². The summed E-state index contributed by atoms with van der Waals surface area (Å²) in [5, 5.41) is 2.98. The van der Waals surface area contributed by atoms with Crippen molar-refractivity contribution in [1.82, 2.24) is 0 Å². The number of anilines is 1. The minimum Gasteiger partial charge on any atom is -0.497 e. The van der Waals surface area contributed by atoms with Crippen molar-refractivity contribution in [2.45, 2.75) is 13.0 Å². The van der Waals surface area contributed by atoms with Gasteiger partial charge in [0, 0.05) is 17.8 Å². The lowest BCUT2D eigenvalue weighted by Crippen LogP contribution is -2.30. The first-order valence-electron chi connectivity index (χ1n) is 8.16. The van der Waals surface area contributed by atoms with Gasteiger partial charge in [0.15, 0.2) is 11.5 Å². The molecule has 1 heterocycles. The number of hydrogen-bond donors (Lipinski definition) is 1. The molecule has 1 aromatic heterocycles. The summed E-state index contributed by atoms with van der Waals surface area (Å²) in [5.41, 5.74) is 0.405. The highest BCUT2D eigenvalue weighted by Crippen LogP contribution is 2.17. The molecule has 27 heavy (non-hydrogen) atoms. The second-order valence-corrected chi connectivity index (χ2v) is 5.74. The van der Waals surface area contributed by atoms with E-state index in [9.17, 15) is 14.4 Å². The molecule has 1 amide bonds. The number of ether oxygens (including phenoxy) is 2. The van der Waals surface area contributed by atoms with Crippen LogP contribution in [0.4, 0.5) is 5.69 Å².